The predicted octanol–water partition coefficient (Wildman–Crippen LogP) is 1.63. The molecule has 82 valence electrons. The molecule has 1 aromatic heterocycles. The fourth-order valence-corrected chi connectivity index (χ4v) is 0.896. The molecule has 0 unspecified atom stereocenters. The number of carboxylic acid groups (broad SMARTS) is 1. The van der Waals surface area contributed by atoms with Gasteiger partial charge in [0.25, 0.3) is 0 Å². The summed E-state index contributed by atoms with van der Waals surface area (Å²) < 4.78 is 0. The first-order valence-corrected chi connectivity index (χ1v) is 4.69. The van der Waals surface area contributed by atoms with Crippen LogP contribution in [0, 0.1) is 5.41 Å². The summed E-state index contributed by atoms with van der Waals surface area (Å²) in [7, 11) is 0. The molecular formula is C10H15N3O2. The number of hydrogen-bond donors (Lipinski definition) is 2. The minimum atomic E-state index is -1.06. The van der Waals surface area contributed by atoms with Crippen LogP contribution in [0.15, 0.2) is 12.1 Å². The maximum Gasteiger partial charge on any atom is 0.356 e. The van der Waals surface area contributed by atoms with E-state index in [1.165, 1.54) is 6.07 Å². The fourth-order valence-electron chi connectivity index (χ4n) is 0.896. The number of nitrogens with zero attached hydrogens (tertiary/aromatic N) is 2. The van der Waals surface area contributed by atoms with Crippen molar-refractivity contribution < 1.29 is 9.90 Å². The zero-order valence-corrected chi connectivity index (χ0v) is 9.11. The number of anilines is 1. The van der Waals surface area contributed by atoms with Crippen LogP contribution in [0.2, 0.25) is 0 Å². The molecule has 1 rings (SSSR count). The van der Waals surface area contributed by atoms with Crippen molar-refractivity contribution in [2.24, 2.45) is 5.41 Å². The van der Waals surface area contributed by atoms with Crippen LogP contribution in [-0.4, -0.2) is 27.8 Å². The predicted molar refractivity (Wildman–Crippen MR) is 56.9 cm³/mol. The molecule has 5 heteroatoms. The molecule has 0 aliphatic carbocycles. The van der Waals surface area contributed by atoms with Gasteiger partial charge in [0.05, 0.1) is 0 Å². The fraction of sp³-hybridized carbons (Fsp3) is 0.500. The van der Waals surface area contributed by atoms with E-state index in [0.717, 1.165) is 6.54 Å². The molecular weight excluding hydrogens is 194 g/mol. The molecule has 0 aliphatic heterocycles. The van der Waals surface area contributed by atoms with Crippen molar-refractivity contribution in [3.63, 3.8) is 0 Å². The highest BCUT2D eigenvalue weighted by atomic mass is 16.4. The summed E-state index contributed by atoms with van der Waals surface area (Å²) in [5.74, 6) is -0.472. The van der Waals surface area contributed by atoms with Crippen molar-refractivity contribution in [2.45, 2.75) is 20.8 Å². The summed E-state index contributed by atoms with van der Waals surface area (Å²) in [5.41, 5.74) is 0.101. The van der Waals surface area contributed by atoms with Crippen LogP contribution in [0.25, 0.3) is 0 Å². The number of carboxylic acids is 1. The Morgan fingerprint density at radius 3 is 2.47 bits per heavy atom. The zero-order valence-electron chi connectivity index (χ0n) is 9.11. The van der Waals surface area contributed by atoms with Gasteiger partial charge in [-0.05, 0) is 17.5 Å². The van der Waals surface area contributed by atoms with Gasteiger partial charge in [-0.2, -0.15) is 0 Å². The normalized spacial score (nSPS) is 11.1. The molecule has 0 spiro atoms. The standard InChI is InChI=1S/C10H15N3O2/c1-10(2,3)6-11-8-5-4-7(9(14)15)12-13-8/h4-5H,6H2,1-3H3,(H,11,13)(H,14,15). The molecule has 5 nitrogen and oxygen atoms in total. The van der Waals surface area contributed by atoms with Crippen LogP contribution < -0.4 is 5.32 Å². The molecule has 15 heavy (non-hydrogen) atoms. The van der Waals surface area contributed by atoms with Gasteiger partial charge in [-0.15, -0.1) is 10.2 Å². The lowest BCUT2D eigenvalue weighted by Crippen LogP contribution is -2.20. The van der Waals surface area contributed by atoms with E-state index in [1.54, 1.807) is 6.07 Å². The van der Waals surface area contributed by atoms with Crippen LogP contribution in [0.5, 0.6) is 0 Å². The summed E-state index contributed by atoms with van der Waals surface area (Å²) in [6, 6.07) is 3.04. The number of rotatable bonds is 3. The average Bonchev–Trinajstić information content (AvgIpc) is 2.14. The first-order chi connectivity index (χ1) is 6.88. The minimum Gasteiger partial charge on any atom is -0.476 e. The Balaban J connectivity index is 2.61. The SMILES string of the molecule is CC(C)(C)CNc1ccc(C(=O)O)nn1. The van der Waals surface area contributed by atoms with Gasteiger partial charge < -0.3 is 10.4 Å². The second-order valence-corrected chi connectivity index (χ2v) is 4.52. The van der Waals surface area contributed by atoms with Gasteiger partial charge in [-0.1, -0.05) is 20.8 Å². The summed E-state index contributed by atoms with van der Waals surface area (Å²) in [4.78, 5) is 10.5. The van der Waals surface area contributed by atoms with Crippen LogP contribution in [0.4, 0.5) is 5.82 Å². The van der Waals surface area contributed by atoms with Crippen LogP contribution in [-0.2, 0) is 0 Å². The van der Waals surface area contributed by atoms with Gasteiger partial charge in [0.1, 0.15) is 5.82 Å². The van der Waals surface area contributed by atoms with Crippen molar-refractivity contribution >= 4 is 11.8 Å². The Morgan fingerprint density at radius 2 is 2.07 bits per heavy atom. The molecule has 1 heterocycles. The van der Waals surface area contributed by atoms with E-state index in [1.807, 2.05) is 0 Å². The third kappa shape index (κ3) is 3.93. The van der Waals surface area contributed by atoms with E-state index in [9.17, 15) is 4.79 Å². The minimum absolute atomic E-state index is 0.0451. The van der Waals surface area contributed by atoms with Crippen molar-refractivity contribution in [1.82, 2.24) is 10.2 Å². The van der Waals surface area contributed by atoms with Gasteiger partial charge in [0, 0.05) is 6.54 Å². The second-order valence-electron chi connectivity index (χ2n) is 4.52. The molecule has 0 saturated heterocycles. The van der Waals surface area contributed by atoms with Crippen molar-refractivity contribution in [3.05, 3.63) is 17.8 Å². The lowest BCUT2D eigenvalue weighted by molar-refractivity contribution is 0.0689. The van der Waals surface area contributed by atoms with Gasteiger partial charge in [0.15, 0.2) is 5.69 Å². The topological polar surface area (TPSA) is 75.1 Å². The van der Waals surface area contributed by atoms with Gasteiger partial charge in [-0.3, -0.25) is 0 Å². The molecule has 2 N–H and O–H groups in total. The van der Waals surface area contributed by atoms with Gasteiger partial charge >= 0.3 is 5.97 Å². The first kappa shape index (κ1) is 11.4. The molecule has 0 aliphatic rings. The molecule has 0 fully saturated rings. The van der Waals surface area contributed by atoms with E-state index in [0.29, 0.717) is 5.82 Å². The van der Waals surface area contributed by atoms with Crippen LogP contribution >= 0.6 is 0 Å². The van der Waals surface area contributed by atoms with Crippen molar-refractivity contribution in [3.8, 4) is 0 Å². The Labute approximate surface area is 88.5 Å². The monoisotopic (exact) mass is 209 g/mol. The lowest BCUT2D eigenvalue weighted by Gasteiger charge is -2.18. The number of hydrogen-bond acceptors (Lipinski definition) is 4. The molecule has 0 bridgehead atoms. The summed E-state index contributed by atoms with van der Waals surface area (Å²) in [6.45, 7) is 7.05. The smallest absolute Gasteiger partial charge is 0.356 e. The Hall–Kier alpha value is -1.65. The van der Waals surface area contributed by atoms with Crippen molar-refractivity contribution in [1.29, 1.82) is 0 Å². The summed E-state index contributed by atoms with van der Waals surface area (Å²) in [5, 5.41) is 19.0. The third-order valence-electron chi connectivity index (χ3n) is 1.68. The highest BCUT2D eigenvalue weighted by Crippen LogP contribution is 2.13. The molecule has 0 radical (unpaired) electrons. The molecule has 0 amide bonds. The Kier molecular flexibility index (Phi) is 3.24. The van der Waals surface area contributed by atoms with E-state index >= 15 is 0 Å². The van der Waals surface area contributed by atoms with Gasteiger partial charge in [0.2, 0.25) is 0 Å². The number of carbonyl (C=O) groups is 1. The van der Waals surface area contributed by atoms with Crippen molar-refractivity contribution in [2.75, 3.05) is 11.9 Å². The quantitative estimate of drug-likeness (QED) is 0.791. The third-order valence-corrected chi connectivity index (χ3v) is 1.68. The number of aromatic nitrogens is 2. The maximum atomic E-state index is 10.5. The highest BCUT2D eigenvalue weighted by Gasteiger charge is 2.10. The Bertz CT molecular complexity index is 341. The van der Waals surface area contributed by atoms with Gasteiger partial charge in [-0.25, -0.2) is 4.79 Å². The van der Waals surface area contributed by atoms with E-state index in [2.05, 4.69) is 36.3 Å². The molecule has 1 aromatic rings. The first-order valence-electron chi connectivity index (χ1n) is 4.69. The second kappa shape index (κ2) is 4.25. The molecule has 0 saturated carbocycles. The zero-order chi connectivity index (χ0) is 11.5. The van der Waals surface area contributed by atoms with E-state index in [4.69, 9.17) is 5.11 Å². The van der Waals surface area contributed by atoms with E-state index in [-0.39, 0.29) is 11.1 Å². The van der Waals surface area contributed by atoms with E-state index < -0.39 is 5.97 Å². The number of aromatic carboxylic acids is 1. The average molecular weight is 209 g/mol. The molecule has 0 atom stereocenters. The van der Waals surface area contributed by atoms with Crippen LogP contribution in [0.1, 0.15) is 31.3 Å². The van der Waals surface area contributed by atoms with Crippen LogP contribution in [0.3, 0.4) is 0 Å². The maximum absolute atomic E-state index is 10.5. The largest absolute Gasteiger partial charge is 0.476 e. The lowest BCUT2D eigenvalue weighted by atomic mass is 9.97. The Morgan fingerprint density at radius 1 is 1.40 bits per heavy atom. The summed E-state index contributed by atoms with van der Waals surface area (Å²) in [6.07, 6.45) is 0. The highest BCUT2D eigenvalue weighted by molar-refractivity contribution is 5.85. The number of nitrogens with one attached hydrogen (secondary N) is 1. The molecule has 0 aromatic carbocycles. The summed E-state index contributed by atoms with van der Waals surface area (Å²) >= 11 is 0.